The van der Waals surface area contributed by atoms with Crippen LogP contribution in [-0.2, 0) is 28.7 Å². The molecular formula is C24H41N5O6S2. The molecule has 1 fully saturated rings. The van der Waals surface area contributed by atoms with Crippen molar-refractivity contribution < 1.29 is 28.7 Å². The Labute approximate surface area is 229 Å². The summed E-state index contributed by atoms with van der Waals surface area (Å²) in [4.78, 5) is 63.3. The van der Waals surface area contributed by atoms with Gasteiger partial charge in [-0.15, -0.1) is 0 Å². The normalized spacial score (nSPS) is 26.9. The lowest BCUT2D eigenvalue weighted by atomic mass is 10.0. The predicted molar refractivity (Wildman–Crippen MR) is 147 cm³/mol. The monoisotopic (exact) mass is 559 g/mol. The Morgan fingerprint density at radius 3 is 2.35 bits per heavy atom. The molecule has 1 aliphatic heterocycles. The molecule has 1 aliphatic rings. The molecule has 0 aliphatic carbocycles. The largest absolute Gasteiger partial charge is 0.457 e. The van der Waals surface area contributed by atoms with Crippen LogP contribution in [0.1, 0.15) is 46.0 Å². The van der Waals surface area contributed by atoms with Gasteiger partial charge in [0, 0.05) is 12.2 Å². The van der Waals surface area contributed by atoms with Crippen LogP contribution in [0.2, 0.25) is 0 Å². The topological polar surface area (TPSA) is 169 Å². The lowest BCUT2D eigenvalue weighted by Crippen LogP contribution is -2.59. The third-order valence-electron chi connectivity index (χ3n) is 5.73. The predicted octanol–water partition coefficient (Wildman–Crippen LogP) is -0.496. The number of carbonyl (C=O) groups is 5. The summed E-state index contributed by atoms with van der Waals surface area (Å²) in [5.74, 6) is -2.08. The zero-order chi connectivity index (χ0) is 27.8. The number of rotatable bonds is 10. The van der Waals surface area contributed by atoms with Crippen molar-refractivity contribution in [2.24, 2.45) is 11.7 Å². The molecule has 0 aromatic carbocycles. The maximum absolute atomic E-state index is 13.2. The number of allylic oxidation sites excluding steroid dienone is 1. The van der Waals surface area contributed by atoms with E-state index in [1.54, 1.807) is 26.0 Å². The standard InChI is InChI=1S/C24H41N5O6S2/c1-15(2)21-24(34)26-12-20(31)35-17(7-4-6-10-36)11-16(13-30)27-18(8-3-5-9-25)22(32)28-19(14-37)23(33)29-21/h4,7,13,15-19,21,27,36-37H,3,5-6,8-12,14,25H2,1-2H3,(H,26,34)(H,28,32)(H,29,33)/b7-4+/t16?,17-,18-,19-,21-/m1/s1. The molecule has 0 saturated carbocycles. The highest BCUT2D eigenvalue weighted by Gasteiger charge is 2.31. The number of ether oxygens (including phenoxy) is 1. The van der Waals surface area contributed by atoms with Gasteiger partial charge in [0.25, 0.3) is 0 Å². The number of hydrogen-bond donors (Lipinski definition) is 7. The van der Waals surface area contributed by atoms with Crippen molar-refractivity contribution in [1.29, 1.82) is 0 Å². The lowest BCUT2D eigenvalue weighted by Gasteiger charge is -2.28. The number of thiol groups is 2. The number of aldehydes is 1. The van der Waals surface area contributed by atoms with Crippen molar-refractivity contribution >= 4 is 55.2 Å². The highest BCUT2D eigenvalue weighted by Crippen LogP contribution is 2.11. The summed E-state index contributed by atoms with van der Waals surface area (Å²) >= 11 is 8.37. The molecule has 0 spiro atoms. The van der Waals surface area contributed by atoms with E-state index in [2.05, 4.69) is 46.5 Å². The highest BCUT2D eigenvalue weighted by atomic mass is 32.1. The van der Waals surface area contributed by atoms with Gasteiger partial charge in [-0.25, -0.2) is 0 Å². The van der Waals surface area contributed by atoms with Crippen LogP contribution < -0.4 is 27.0 Å². The van der Waals surface area contributed by atoms with E-state index < -0.39 is 60.5 Å². The van der Waals surface area contributed by atoms with E-state index in [1.165, 1.54) is 0 Å². The zero-order valence-corrected chi connectivity index (χ0v) is 23.3. The Morgan fingerprint density at radius 1 is 1.05 bits per heavy atom. The number of cyclic esters (lactones) is 1. The minimum absolute atomic E-state index is 0.0129. The Balaban J connectivity index is 3.31. The average molecular weight is 560 g/mol. The third kappa shape index (κ3) is 12.3. The highest BCUT2D eigenvalue weighted by molar-refractivity contribution is 7.80. The molecule has 3 amide bonds. The molecule has 1 unspecified atom stereocenters. The van der Waals surface area contributed by atoms with E-state index in [1.807, 2.05) is 0 Å². The summed E-state index contributed by atoms with van der Waals surface area (Å²) in [7, 11) is 0. The second kappa shape index (κ2) is 18.2. The minimum Gasteiger partial charge on any atom is -0.457 e. The lowest BCUT2D eigenvalue weighted by molar-refractivity contribution is -0.148. The Hall–Kier alpha value is -2.09. The summed E-state index contributed by atoms with van der Waals surface area (Å²) in [6, 6.07) is -3.61. The van der Waals surface area contributed by atoms with Crippen molar-refractivity contribution in [2.75, 3.05) is 24.6 Å². The van der Waals surface area contributed by atoms with Crippen LogP contribution in [0.15, 0.2) is 12.2 Å². The number of unbranched alkanes of at least 4 members (excludes halogenated alkanes) is 1. The van der Waals surface area contributed by atoms with Crippen LogP contribution in [0.25, 0.3) is 0 Å². The summed E-state index contributed by atoms with van der Waals surface area (Å²) in [5.41, 5.74) is 5.60. The molecule has 6 N–H and O–H groups in total. The van der Waals surface area contributed by atoms with Gasteiger partial charge in [-0.1, -0.05) is 26.3 Å². The van der Waals surface area contributed by atoms with E-state index in [0.29, 0.717) is 44.3 Å². The van der Waals surface area contributed by atoms with Crippen LogP contribution >= 0.6 is 25.3 Å². The second-order valence-corrected chi connectivity index (χ2v) is 9.95. The number of nitrogens with one attached hydrogen (secondary N) is 4. The molecule has 5 atom stereocenters. The molecule has 0 radical (unpaired) electrons. The Kier molecular flexibility index (Phi) is 16.2. The first-order chi connectivity index (χ1) is 17.7. The zero-order valence-electron chi connectivity index (χ0n) is 21.5. The number of esters is 1. The first kappa shape index (κ1) is 32.9. The fraction of sp³-hybridized carbons (Fsp3) is 0.708. The number of nitrogens with two attached hydrogens (primary N) is 1. The van der Waals surface area contributed by atoms with Gasteiger partial charge in [0.2, 0.25) is 17.7 Å². The molecule has 1 heterocycles. The molecule has 210 valence electrons. The van der Waals surface area contributed by atoms with Crippen LogP contribution in [0.4, 0.5) is 0 Å². The quantitative estimate of drug-likeness (QED) is 0.0618. The summed E-state index contributed by atoms with van der Waals surface area (Å²) in [6.07, 6.45) is 5.66. The van der Waals surface area contributed by atoms with E-state index in [-0.39, 0.29) is 18.1 Å². The number of carbonyl (C=O) groups excluding carboxylic acids is 5. The SMILES string of the molecule is CC(C)[C@H]1NC(=O)[C@@H](CS)NC(=O)[C@@H](CCCCN)NC(C=O)C[C@@H](/C=C/CCS)OC(=O)CNC1=O. The molecule has 0 aromatic rings. The molecule has 0 aromatic heterocycles. The van der Waals surface area contributed by atoms with Gasteiger partial charge in [0.1, 0.15) is 31.0 Å². The number of amides is 3. The van der Waals surface area contributed by atoms with E-state index in [0.717, 1.165) is 0 Å². The van der Waals surface area contributed by atoms with Gasteiger partial charge in [0.15, 0.2) is 0 Å². The van der Waals surface area contributed by atoms with E-state index >= 15 is 0 Å². The van der Waals surface area contributed by atoms with Crippen molar-refractivity contribution in [2.45, 2.75) is 76.2 Å². The first-order valence-electron chi connectivity index (χ1n) is 12.5. The van der Waals surface area contributed by atoms with Crippen LogP contribution in [-0.4, -0.2) is 84.8 Å². The van der Waals surface area contributed by atoms with Gasteiger partial charge in [-0.2, -0.15) is 25.3 Å². The third-order valence-corrected chi connectivity index (χ3v) is 6.35. The van der Waals surface area contributed by atoms with Gasteiger partial charge in [-0.05, 0) is 43.6 Å². The molecular weight excluding hydrogens is 518 g/mol. The molecule has 37 heavy (non-hydrogen) atoms. The molecule has 1 rings (SSSR count). The van der Waals surface area contributed by atoms with Crippen molar-refractivity contribution in [3.05, 3.63) is 12.2 Å². The molecule has 11 nitrogen and oxygen atoms in total. The summed E-state index contributed by atoms with van der Waals surface area (Å²) < 4.78 is 5.51. The Morgan fingerprint density at radius 2 is 1.76 bits per heavy atom. The Bertz CT molecular complexity index is 798. The van der Waals surface area contributed by atoms with Crippen molar-refractivity contribution in [3.8, 4) is 0 Å². The van der Waals surface area contributed by atoms with Crippen LogP contribution in [0.3, 0.4) is 0 Å². The minimum atomic E-state index is -1.02. The summed E-state index contributed by atoms with van der Waals surface area (Å²) in [5, 5.41) is 10.8. The average Bonchev–Trinajstić information content (AvgIpc) is 2.86. The van der Waals surface area contributed by atoms with Crippen molar-refractivity contribution in [1.82, 2.24) is 21.3 Å². The second-order valence-electron chi connectivity index (χ2n) is 9.14. The van der Waals surface area contributed by atoms with Crippen LogP contribution in [0.5, 0.6) is 0 Å². The molecule has 13 heteroatoms. The maximum Gasteiger partial charge on any atom is 0.326 e. The molecule has 0 bridgehead atoms. The first-order valence-corrected chi connectivity index (χ1v) is 13.8. The van der Waals surface area contributed by atoms with Gasteiger partial charge >= 0.3 is 5.97 Å². The maximum atomic E-state index is 13.2. The van der Waals surface area contributed by atoms with E-state index in [9.17, 15) is 24.0 Å². The fourth-order valence-electron chi connectivity index (χ4n) is 3.68. The summed E-state index contributed by atoms with van der Waals surface area (Å²) in [6.45, 7) is 3.52. The van der Waals surface area contributed by atoms with Crippen molar-refractivity contribution in [3.63, 3.8) is 0 Å². The van der Waals surface area contributed by atoms with Gasteiger partial charge in [-0.3, -0.25) is 24.5 Å². The van der Waals surface area contributed by atoms with Crippen LogP contribution in [0, 0.1) is 5.92 Å². The van der Waals surface area contributed by atoms with Gasteiger partial charge in [0.05, 0.1) is 12.1 Å². The molecule has 1 saturated heterocycles. The van der Waals surface area contributed by atoms with E-state index in [4.69, 9.17) is 10.5 Å². The number of hydrogen-bond acceptors (Lipinski definition) is 10. The van der Waals surface area contributed by atoms with Gasteiger partial charge < -0.3 is 31.2 Å². The smallest absolute Gasteiger partial charge is 0.326 e. The fourth-order valence-corrected chi connectivity index (χ4v) is 4.08.